The van der Waals surface area contributed by atoms with Gasteiger partial charge in [-0.05, 0) is 67.4 Å². The summed E-state index contributed by atoms with van der Waals surface area (Å²) in [6.45, 7) is 2.13. The quantitative estimate of drug-likeness (QED) is 0.577. The van der Waals surface area contributed by atoms with Crippen molar-refractivity contribution in [1.82, 2.24) is 5.32 Å². The third kappa shape index (κ3) is 4.77. The molecule has 0 spiro atoms. The molecule has 2 heterocycles. The normalized spacial score (nSPS) is 19.4. The van der Waals surface area contributed by atoms with Gasteiger partial charge in [-0.3, -0.25) is 4.79 Å². The van der Waals surface area contributed by atoms with E-state index < -0.39 is 0 Å². The number of rotatable bonds is 4. The predicted molar refractivity (Wildman–Crippen MR) is 126 cm³/mol. The van der Waals surface area contributed by atoms with Gasteiger partial charge in [0.25, 0.3) is 5.91 Å². The number of aliphatic imine (C=N–C) groups is 1. The zero-order valence-electron chi connectivity index (χ0n) is 16.5. The van der Waals surface area contributed by atoms with Crippen LogP contribution in [0.2, 0.25) is 10.0 Å². The maximum absolute atomic E-state index is 12.4. The van der Waals surface area contributed by atoms with Crippen LogP contribution in [0.4, 0.5) is 11.4 Å². The van der Waals surface area contributed by atoms with Gasteiger partial charge < -0.3 is 15.0 Å². The smallest absolute Gasteiger partial charge is 0.264 e. The van der Waals surface area contributed by atoms with Crippen molar-refractivity contribution in [3.05, 3.63) is 56.9 Å². The molecule has 0 aromatic heterocycles. The van der Waals surface area contributed by atoms with Crippen molar-refractivity contribution in [1.29, 1.82) is 0 Å². The summed E-state index contributed by atoms with van der Waals surface area (Å²) in [6, 6.07) is 11.2. The van der Waals surface area contributed by atoms with Crippen LogP contribution in [0.25, 0.3) is 6.08 Å². The molecule has 1 amide bonds. The monoisotopic (exact) mass is 461 g/mol. The van der Waals surface area contributed by atoms with E-state index in [0.717, 1.165) is 30.1 Å². The molecular formula is C22H21Cl2N3O2S. The van der Waals surface area contributed by atoms with Crippen molar-refractivity contribution in [3.63, 3.8) is 0 Å². The number of amidine groups is 1. The SMILES string of the molecule is COc1cc(N2CCCCC2)ccc1/C=C1\SC(=Nc2ccc(Cl)c(Cl)c2)NC1=O. The Balaban J connectivity index is 1.56. The summed E-state index contributed by atoms with van der Waals surface area (Å²) in [7, 11) is 1.65. The summed E-state index contributed by atoms with van der Waals surface area (Å²) in [5.41, 5.74) is 2.63. The minimum Gasteiger partial charge on any atom is -0.496 e. The summed E-state index contributed by atoms with van der Waals surface area (Å²) in [5, 5.41) is 4.16. The molecule has 0 aliphatic carbocycles. The molecule has 156 valence electrons. The van der Waals surface area contributed by atoms with Crippen LogP contribution in [0.3, 0.4) is 0 Å². The lowest BCUT2D eigenvalue weighted by Gasteiger charge is -2.29. The van der Waals surface area contributed by atoms with Crippen molar-refractivity contribution in [2.45, 2.75) is 19.3 Å². The molecule has 0 radical (unpaired) electrons. The Hall–Kier alpha value is -2.15. The van der Waals surface area contributed by atoms with Crippen LogP contribution in [0, 0.1) is 0 Å². The van der Waals surface area contributed by atoms with Crippen LogP contribution < -0.4 is 15.0 Å². The third-order valence-electron chi connectivity index (χ3n) is 5.01. The number of halogens is 2. The van der Waals surface area contributed by atoms with Crippen molar-refractivity contribution >= 4 is 63.5 Å². The third-order valence-corrected chi connectivity index (χ3v) is 6.66. The van der Waals surface area contributed by atoms with E-state index in [2.05, 4.69) is 21.3 Å². The molecule has 30 heavy (non-hydrogen) atoms. The molecule has 4 rings (SSSR count). The van der Waals surface area contributed by atoms with Gasteiger partial charge >= 0.3 is 0 Å². The highest BCUT2D eigenvalue weighted by atomic mass is 35.5. The Kier molecular flexibility index (Phi) is 6.56. The summed E-state index contributed by atoms with van der Waals surface area (Å²) >= 11 is 13.3. The van der Waals surface area contributed by atoms with Crippen LogP contribution >= 0.6 is 35.0 Å². The molecule has 5 nitrogen and oxygen atoms in total. The number of thioether (sulfide) groups is 1. The number of amides is 1. The lowest BCUT2D eigenvalue weighted by atomic mass is 10.1. The Morgan fingerprint density at radius 2 is 1.90 bits per heavy atom. The minimum absolute atomic E-state index is 0.194. The molecule has 0 bridgehead atoms. The Morgan fingerprint density at radius 3 is 2.63 bits per heavy atom. The van der Waals surface area contributed by atoms with Gasteiger partial charge in [0, 0.05) is 30.4 Å². The highest BCUT2D eigenvalue weighted by Gasteiger charge is 2.24. The first-order valence-corrected chi connectivity index (χ1v) is 11.3. The van der Waals surface area contributed by atoms with E-state index in [0.29, 0.717) is 25.8 Å². The highest BCUT2D eigenvalue weighted by molar-refractivity contribution is 8.18. The summed E-state index contributed by atoms with van der Waals surface area (Å²) in [4.78, 5) is 19.8. The number of carbonyl (C=O) groups is 1. The van der Waals surface area contributed by atoms with Crippen LogP contribution in [-0.4, -0.2) is 31.3 Å². The second-order valence-electron chi connectivity index (χ2n) is 7.05. The number of nitrogens with one attached hydrogen (secondary N) is 1. The van der Waals surface area contributed by atoms with Crippen molar-refractivity contribution in [2.75, 3.05) is 25.1 Å². The second kappa shape index (κ2) is 9.33. The van der Waals surface area contributed by atoms with Gasteiger partial charge in [-0.2, -0.15) is 0 Å². The number of anilines is 1. The van der Waals surface area contributed by atoms with E-state index >= 15 is 0 Å². The highest BCUT2D eigenvalue weighted by Crippen LogP contribution is 2.34. The number of hydrogen-bond donors (Lipinski definition) is 1. The van der Waals surface area contributed by atoms with E-state index in [1.54, 1.807) is 25.3 Å². The Bertz CT molecular complexity index is 1030. The molecule has 0 saturated carbocycles. The van der Waals surface area contributed by atoms with Crippen molar-refractivity contribution in [3.8, 4) is 5.75 Å². The fourth-order valence-corrected chi connectivity index (χ4v) is 4.59. The largest absolute Gasteiger partial charge is 0.496 e. The Morgan fingerprint density at radius 1 is 1.10 bits per heavy atom. The summed E-state index contributed by atoms with van der Waals surface area (Å²) < 4.78 is 5.60. The van der Waals surface area contributed by atoms with E-state index in [-0.39, 0.29) is 5.91 Å². The molecule has 2 saturated heterocycles. The molecule has 0 atom stereocenters. The topological polar surface area (TPSA) is 53.9 Å². The summed E-state index contributed by atoms with van der Waals surface area (Å²) in [5.74, 6) is 0.551. The first-order chi connectivity index (χ1) is 14.5. The molecule has 2 fully saturated rings. The molecular weight excluding hydrogens is 441 g/mol. The van der Waals surface area contributed by atoms with Gasteiger partial charge in [0.2, 0.25) is 0 Å². The van der Waals surface area contributed by atoms with E-state index in [1.807, 2.05) is 18.2 Å². The first kappa shape index (κ1) is 21.1. The minimum atomic E-state index is -0.194. The number of ether oxygens (including phenoxy) is 1. The van der Waals surface area contributed by atoms with E-state index in [9.17, 15) is 4.79 Å². The molecule has 2 aromatic carbocycles. The average Bonchev–Trinajstić information content (AvgIpc) is 3.10. The van der Waals surface area contributed by atoms with Crippen LogP contribution in [0.5, 0.6) is 5.75 Å². The lowest BCUT2D eigenvalue weighted by Crippen LogP contribution is -2.29. The van der Waals surface area contributed by atoms with Crippen LogP contribution in [-0.2, 0) is 4.79 Å². The number of hydrogen-bond acceptors (Lipinski definition) is 5. The van der Waals surface area contributed by atoms with Gasteiger partial charge in [-0.15, -0.1) is 0 Å². The van der Waals surface area contributed by atoms with Crippen molar-refractivity contribution < 1.29 is 9.53 Å². The zero-order chi connectivity index (χ0) is 21.1. The van der Waals surface area contributed by atoms with Gasteiger partial charge in [0.1, 0.15) is 5.75 Å². The number of piperidine rings is 1. The van der Waals surface area contributed by atoms with E-state index in [4.69, 9.17) is 27.9 Å². The van der Waals surface area contributed by atoms with Gasteiger partial charge in [0.15, 0.2) is 5.17 Å². The maximum Gasteiger partial charge on any atom is 0.264 e. The standard InChI is InChI=1S/C22H21Cl2N3O2S/c1-29-19-13-16(27-9-3-2-4-10-27)7-5-14(19)11-20-21(28)26-22(30-20)25-15-6-8-17(23)18(24)12-15/h5-8,11-13H,2-4,9-10H2,1H3,(H,25,26,28)/b20-11-. The maximum atomic E-state index is 12.4. The number of methoxy groups -OCH3 is 1. The first-order valence-electron chi connectivity index (χ1n) is 9.71. The number of benzene rings is 2. The summed E-state index contributed by atoms with van der Waals surface area (Å²) in [6.07, 6.45) is 5.55. The van der Waals surface area contributed by atoms with Gasteiger partial charge in [0.05, 0.1) is 27.7 Å². The predicted octanol–water partition coefficient (Wildman–Crippen LogP) is 5.88. The molecule has 0 unspecified atom stereocenters. The fourth-order valence-electron chi connectivity index (χ4n) is 3.46. The molecule has 1 N–H and O–H groups in total. The zero-order valence-corrected chi connectivity index (χ0v) is 18.8. The Labute approximate surface area is 190 Å². The number of carbonyl (C=O) groups excluding carboxylic acids is 1. The van der Waals surface area contributed by atoms with E-state index in [1.165, 1.54) is 31.0 Å². The van der Waals surface area contributed by atoms with Crippen LogP contribution in [0.1, 0.15) is 24.8 Å². The second-order valence-corrected chi connectivity index (χ2v) is 8.90. The lowest BCUT2D eigenvalue weighted by molar-refractivity contribution is -0.115. The number of nitrogens with zero attached hydrogens (tertiary/aromatic N) is 2. The average molecular weight is 462 g/mol. The van der Waals surface area contributed by atoms with Crippen molar-refractivity contribution in [2.24, 2.45) is 4.99 Å². The molecule has 2 aliphatic rings. The van der Waals surface area contributed by atoms with Gasteiger partial charge in [-0.25, -0.2) is 4.99 Å². The van der Waals surface area contributed by atoms with Gasteiger partial charge in [-0.1, -0.05) is 23.2 Å². The fraction of sp³-hybridized carbons (Fsp3) is 0.273. The molecule has 2 aromatic rings. The molecule has 2 aliphatic heterocycles. The molecule has 8 heteroatoms. The van der Waals surface area contributed by atoms with Crippen LogP contribution in [0.15, 0.2) is 46.3 Å².